The van der Waals surface area contributed by atoms with Crippen molar-refractivity contribution >= 4 is 18.0 Å². The standard InChI is InChI=1S/C31H40F3N9O4/c1-31(2,3)47-30(44)37-27-17-42(16-23(27)22-12-25(33)26(34)13-24(22)32)28-35-14-21(15-36-28)46-11-6-19-4-8-41(9-5-19)29-38-40-43(39-29)20-7-10-45-18-20/h12-15,19-20,23,27H,4-11,16-18H2,1-3H3,(H,37,44). The van der Waals surface area contributed by atoms with Gasteiger partial charge in [-0.05, 0) is 69.2 Å². The maximum atomic E-state index is 14.8. The summed E-state index contributed by atoms with van der Waals surface area (Å²) < 4.78 is 59.4. The van der Waals surface area contributed by atoms with E-state index in [-0.39, 0.29) is 24.7 Å². The van der Waals surface area contributed by atoms with E-state index in [0.29, 0.717) is 42.8 Å². The summed E-state index contributed by atoms with van der Waals surface area (Å²) >= 11 is 0. The van der Waals surface area contributed by atoms with Crippen LogP contribution in [-0.2, 0) is 9.47 Å². The smallest absolute Gasteiger partial charge is 0.407 e. The third-order valence-electron chi connectivity index (χ3n) is 8.70. The van der Waals surface area contributed by atoms with Crippen LogP contribution in [-0.4, -0.2) is 93.9 Å². The first-order valence-electron chi connectivity index (χ1n) is 16.0. The second kappa shape index (κ2) is 13.9. The fourth-order valence-corrected chi connectivity index (χ4v) is 6.22. The van der Waals surface area contributed by atoms with Gasteiger partial charge < -0.3 is 29.3 Å². The number of carbonyl (C=O) groups is 1. The molecule has 3 unspecified atom stereocenters. The fourth-order valence-electron chi connectivity index (χ4n) is 6.22. The highest BCUT2D eigenvalue weighted by Crippen LogP contribution is 2.33. The van der Waals surface area contributed by atoms with Crippen LogP contribution in [0.25, 0.3) is 0 Å². The highest BCUT2D eigenvalue weighted by atomic mass is 19.2. The number of alkyl carbamates (subject to hydrolysis) is 1. The number of benzene rings is 1. The number of halogens is 3. The minimum Gasteiger partial charge on any atom is -0.490 e. The van der Waals surface area contributed by atoms with Crippen LogP contribution in [0.15, 0.2) is 24.5 Å². The van der Waals surface area contributed by atoms with E-state index in [2.05, 4.69) is 35.6 Å². The Morgan fingerprint density at radius 1 is 1.00 bits per heavy atom. The number of piperidine rings is 1. The first kappa shape index (κ1) is 32.7. The number of carbonyl (C=O) groups excluding carboxylic acids is 1. The Morgan fingerprint density at radius 2 is 1.74 bits per heavy atom. The van der Waals surface area contributed by atoms with Crippen LogP contribution >= 0.6 is 0 Å². The molecule has 3 atom stereocenters. The van der Waals surface area contributed by atoms with E-state index in [4.69, 9.17) is 14.2 Å². The van der Waals surface area contributed by atoms with Gasteiger partial charge in [-0.3, -0.25) is 0 Å². The molecule has 3 fully saturated rings. The van der Waals surface area contributed by atoms with Crippen molar-refractivity contribution in [2.45, 2.75) is 70.1 Å². The molecule has 6 rings (SSSR count). The molecule has 1 aromatic carbocycles. The largest absolute Gasteiger partial charge is 0.490 e. The summed E-state index contributed by atoms with van der Waals surface area (Å²) in [5.41, 5.74) is -0.813. The van der Waals surface area contributed by atoms with Crippen molar-refractivity contribution in [3.05, 3.63) is 47.5 Å². The second-order valence-corrected chi connectivity index (χ2v) is 13.3. The zero-order valence-corrected chi connectivity index (χ0v) is 26.7. The van der Waals surface area contributed by atoms with E-state index in [1.807, 2.05) is 0 Å². The third-order valence-corrected chi connectivity index (χ3v) is 8.70. The number of nitrogens with one attached hydrogen (secondary N) is 1. The molecule has 0 saturated carbocycles. The van der Waals surface area contributed by atoms with Crippen molar-refractivity contribution in [3.63, 3.8) is 0 Å². The number of nitrogens with zero attached hydrogens (tertiary/aromatic N) is 8. The molecule has 1 N–H and O–H groups in total. The van der Waals surface area contributed by atoms with Crippen molar-refractivity contribution in [1.82, 2.24) is 35.5 Å². The minimum atomic E-state index is -1.28. The Morgan fingerprint density at radius 3 is 2.45 bits per heavy atom. The van der Waals surface area contributed by atoms with E-state index >= 15 is 0 Å². The van der Waals surface area contributed by atoms with Gasteiger partial charge in [0.15, 0.2) is 17.4 Å². The van der Waals surface area contributed by atoms with Gasteiger partial charge in [-0.2, -0.15) is 4.80 Å². The number of amides is 1. The number of hydrogen-bond acceptors (Lipinski definition) is 11. The van der Waals surface area contributed by atoms with Crippen molar-refractivity contribution < 1.29 is 32.2 Å². The molecular weight excluding hydrogens is 619 g/mol. The van der Waals surface area contributed by atoms with Gasteiger partial charge in [0.1, 0.15) is 11.4 Å². The van der Waals surface area contributed by atoms with Crippen molar-refractivity contribution in [2.24, 2.45) is 5.92 Å². The first-order valence-corrected chi connectivity index (χ1v) is 16.0. The summed E-state index contributed by atoms with van der Waals surface area (Å²) in [5.74, 6) is -2.07. The molecule has 254 valence electrons. The van der Waals surface area contributed by atoms with Gasteiger partial charge in [-0.1, -0.05) is 5.10 Å². The summed E-state index contributed by atoms with van der Waals surface area (Å²) in [5, 5.41) is 15.8. The monoisotopic (exact) mass is 659 g/mol. The SMILES string of the molecule is CC(C)(C)OC(=O)NC1CN(c2ncc(OCCC3CCN(c4nnn(C5CCOC5)n4)CC3)cn2)CC1c1cc(F)c(F)cc1F. The predicted octanol–water partition coefficient (Wildman–Crippen LogP) is 4.02. The minimum absolute atomic E-state index is 0.0555. The number of rotatable bonds is 9. The molecule has 0 bridgehead atoms. The molecule has 0 spiro atoms. The Bertz CT molecular complexity index is 1520. The molecule has 13 nitrogen and oxygen atoms in total. The van der Waals surface area contributed by atoms with Crippen LogP contribution in [0.5, 0.6) is 5.75 Å². The van der Waals surface area contributed by atoms with Gasteiger partial charge in [0.05, 0.1) is 37.7 Å². The van der Waals surface area contributed by atoms with E-state index in [9.17, 15) is 18.0 Å². The molecule has 3 aliphatic rings. The molecule has 2 aromatic heterocycles. The molecule has 3 aromatic rings. The van der Waals surface area contributed by atoms with Gasteiger partial charge in [-0.15, -0.1) is 5.10 Å². The van der Waals surface area contributed by atoms with E-state index in [1.54, 1.807) is 42.9 Å². The Kier molecular flexibility index (Phi) is 9.66. The summed E-state index contributed by atoms with van der Waals surface area (Å²) in [6.45, 7) is 9.08. The van der Waals surface area contributed by atoms with Crippen LogP contribution in [0, 0.1) is 23.4 Å². The van der Waals surface area contributed by atoms with Gasteiger partial charge in [0.25, 0.3) is 5.95 Å². The van der Waals surface area contributed by atoms with E-state index < -0.39 is 41.1 Å². The Hall–Kier alpha value is -4.21. The number of hydrogen-bond donors (Lipinski definition) is 1. The molecule has 5 heterocycles. The highest BCUT2D eigenvalue weighted by molar-refractivity contribution is 5.68. The number of aromatic nitrogens is 6. The lowest BCUT2D eigenvalue weighted by molar-refractivity contribution is 0.0504. The topological polar surface area (TPSA) is 133 Å². The Labute approximate surface area is 270 Å². The zero-order chi connectivity index (χ0) is 33.1. The average Bonchev–Trinajstić information content (AvgIpc) is 3.81. The summed E-state index contributed by atoms with van der Waals surface area (Å²) in [6, 6.07) is 0.825. The molecule has 3 saturated heterocycles. The number of ether oxygens (including phenoxy) is 3. The zero-order valence-electron chi connectivity index (χ0n) is 26.7. The summed E-state index contributed by atoms with van der Waals surface area (Å²) in [4.78, 5) is 27.0. The molecule has 0 radical (unpaired) electrons. The van der Waals surface area contributed by atoms with Gasteiger partial charge in [0, 0.05) is 44.8 Å². The molecule has 47 heavy (non-hydrogen) atoms. The number of tetrazole rings is 1. The van der Waals surface area contributed by atoms with Crippen LogP contribution < -0.4 is 19.9 Å². The van der Waals surface area contributed by atoms with E-state index in [0.717, 1.165) is 51.4 Å². The van der Waals surface area contributed by atoms with Crippen LogP contribution in [0.3, 0.4) is 0 Å². The number of anilines is 2. The molecule has 16 heteroatoms. The first-order chi connectivity index (χ1) is 22.5. The predicted molar refractivity (Wildman–Crippen MR) is 164 cm³/mol. The van der Waals surface area contributed by atoms with Crippen LogP contribution in [0.1, 0.15) is 64.0 Å². The van der Waals surface area contributed by atoms with Crippen molar-refractivity contribution in [3.8, 4) is 5.75 Å². The van der Waals surface area contributed by atoms with Gasteiger partial charge in [0.2, 0.25) is 5.95 Å². The maximum Gasteiger partial charge on any atom is 0.407 e. The fraction of sp³-hybridized carbons (Fsp3) is 0.613. The third kappa shape index (κ3) is 8.03. The lowest BCUT2D eigenvalue weighted by Gasteiger charge is -2.30. The van der Waals surface area contributed by atoms with Gasteiger partial charge in [-0.25, -0.2) is 27.9 Å². The molecule has 3 aliphatic heterocycles. The Balaban J connectivity index is 1.01. The molecular formula is C31H40F3N9O4. The van der Waals surface area contributed by atoms with E-state index in [1.165, 1.54) is 0 Å². The lowest BCUT2D eigenvalue weighted by Crippen LogP contribution is -2.43. The lowest BCUT2D eigenvalue weighted by atomic mass is 9.93. The molecule has 0 aliphatic carbocycles. The average molecular weight is 660 g/mol. The summed E-state index contributed by atoms with van der Waals surface area (Å²) in [7, 11) is 0. The second-order valence-electron chi connectivity index (χ2n) is 13.3. The quantitative estimate of drug-likeness (QED) is 0.334. The maximum absolute atomic E-state index is 14.8. The highest BCUT2D eigenvalue weighted by Gasteiger charge is 2.39. The summed E-state index contributed by atoms with van der Waals surface area (Å²) in [6.07, 6.45) is 6.20. The molecule has 1 amide bonds. The van der Waals surface area contributed by atoms with Crippen LogP contribution in [0.2, 0.25) is 0 Å². The van der Waals surface area contributed by atoms with Gasteiger partial charge >= 0.3 is 6.09 Å². The normalized spacial score (nSPS) is 22.1. The van der Waals surface area contributed by atoms with Crippen molar-refractivity contribution in [1.29, 1.82) is 0 Å². The van der Waals surface area contributed by atoms with Crippen LogP contribution in [0.4, 0.5) is 29.9 Å². The van der Waals surface area contributed by atoms with Crippen molar-refractivity contribution in [2.75, 3.05) is 55.8 Å².